The fourth-order valence-corrected chi connectivity index (χ4v) is 1.68. The van der Waals surface area contributed by atoms with Crippen LogP contribution in [0.1, 0.15) is 26.3 Å². The molecule has 0 radical (unpaired) electrons. The van der Waals surface area contributed by atoms with Crippen LogP contribution in [0.5, 0.6) is 5.75 Å². The number of nitrogens with one attached hydrogen (secondary N) is 1. The van der Waals surface area contributed by atoms with Crippen molar-refractivity contribution < 1.29 is 9.47 Å². The first-order chi connectivity index (χ1) is 9.87. The van der Waals surface area contributed by atoms with Crippen LogP contribution in [0.15, 0.2) is 24.3 Å². The van der Waals surface area contributed by atoms with Crippen molar-refractivity contribution in [2.45, 2.75) is 32.9 Å². The quantitative estimate of drug-likeness (QED) is 0.710. The Morgan fingerprint density at radius 1 is 1.10 bits per heavy atom. The summed E-state index contributed by atoms with van der Waals surface area (Å²) in [6.07, 6.45) is 0. The Hall–Kier alpha value is -1.10. The third-order valence-corrected chi connectivity index (χ3v) is 2.90. The van der Waals surface area contributed by atoms with Crippen molar-refractivity contribution >= 4 is 0 Å². The molecule has 4 heteroatoms. The molecule has 0 fully saturated rings. The summed E-state index contributed by atoms with van der Waals surface area (Å²) in [5.41, 5.74) is 1.35. The second-order valence-corrected chi connectivity index (χ2v) is 6.52. The van der Waals surface area contributed by atoms with Gasteiger partial charge in [-0.1, -0.05) is 12.1 Å². The number of ether oxygens (including phenoxy) is 2. The molecule has 1 aromatic rings. The van der Waals surface area contributed by atoms with E-state index >= 15 is 0 Å². The van der Waals surface area contributed by atoms with Gasteiger partial charge in [-0.25, -0.2) is 0 Å². The molecule has 120 valence electrons. The second-order valence-electron chi connectivity index (χ2n) is 6.52. The van der Waals surface area contributed by atoms with Crippen molar-refractivity contribution in [1.29, 1.82) is 0 Å². The molecule has 0 aliphatic rings. The Morgan fingerprint density at radius 3 is 2.52 bits per heavy atom. The lowest BCUT2D eigenvalue weighted by Gasteiger charge is -2.20. The van der Waals surface area contributed by atoms with Crippen LogP contribution >= 0.6 is 0 Å². The average molecular weight is 294 g/mol. The highest BCUT2D eigenvalue weighted by molar-refractivity contribution is 5.28. The van der Waals surface area contributed by atoms with E-state index in [4.69, 9.17) is 9.47 Å². The summed E-state index contributed by atoms with van der Waals surface area (Å²) in [4.78, 5) is 2.10. The van der Waals surface area contributed by atoms with Crippen molar-refractivity contribution in [2.75, 3.05) is 40.5 Å². The van der Waals surface area contributed by atoms with Gasteiger partial charge in [-0.15, -0.1) is 0 Å². The summed E-state index contributed by atoms with van der Waals surface area (Å²) < 4.78 is 11.2. The van der Waals surface area contributed by atoms with E-state index < -0.39 is 0 Å². The molecule has 0 unspecified atom stereocenters. The minimum absolute atomic E-state index is 0.122. The van der Waals surface area contributed by atoms with Gasteiger partial charge in [-0.2, -0.15) is 0 Å². The van der Waals surface area contributed by atoms with Crippen LogP contribution < -0.4 is 10.1 Å². The predicted octanol–water partition coefficient (Wildman–Crippen LogP) is 2.53. The van der Waals surface area contributed by atoms with Crippen LogP contribution in [-0.2, 0) is 11.3 Å². The zero-order chi connectivity index (χ0) is 15.7. The molecule has 1 aromatic carbocycles. The van der Waals surface area contributed by atoms with Crippen molar-refractivity contribution in [3.05, 3.63) is 29.8 Å². The highest BCUT2D eigenvalue weighted by atomic mass is 16.5. The number of likely N-dealkylation sites (N-methyl/N-ethyl adjacent to an activating group) is 1. The molecule has 0 bridgehead atoms. The van der Waals surface area contributed by atoms with Gasteiger partial charge < -0.3 is 19.7 Å². The minimum Gasteiger partial charge on any atom is -0.491 e. The fraction of sp³-hybridized carbons (Fsp3) is 0.647. The molecule has 0 aromatic heterocycles. The lowest BCUT2D eigenvalue weighted by molar-refractivity contribution is 0.0889. The summed E-state index contributed by atoms with van der Waals surface area (Å²) in [5, 5.41) is 3.48. The first-order valence-corrected chi connectivity index (χ1v) is 7.56. The molecule has 21 heavy (non-hydrogen) atoms. The number of rotatable bonds is 9. The summed E-state index contributed by atoms with van der Waals surface area (Å²) in [6.45, 7) is 10.2. The van der Waals surface area contributed by atoms with Gasteiger partial charge in [-0.05, 0) is 52.6 Å². The molecule has 1 N–H and O–H groups in total. The molecular formula is C17H30N2O2. The maximum absolute atomic E-state index is 5.72. The van der Waals surface area contributed by atoms with Crippen molar-refractivity contribution in [3.8, 4) is 5.75 Å². The van der Waals surface area contributed by atoms with E-state index in [0.717, 1.165) is 25.4 Å². The number of nitrogens with zero attached hydrogens (tertiary/aromatic N) is 1. The lowest BCUT2D eigenvalue weighted by atomic mass is 10.1. The summed E-state index contributed by atoms with van der Waals surface area (Å²) in [6, 6.07) is 8.21. The standard InChI is InChI=1S/C17H30N2O2/c1-17(2,3)18-14-15-7-6-8-16(13-15)21-12-11-20-10-9-19(4)5/h6-8,13,18H,9-12,14H2,1-5H3. The van der Waals surface area contributed by atoms with E-state index in [1.54, 1.807) is 0 Å². The van der Waals surface area contributed by atoms with Crippen LogP contribution in [0.25, 0.3) is 0 Å². The van der Waals surface area contributed by atoms with E-state index in [0.29, 0.717) is 13.2 Å². The number of benzene rings is 1. The van der Waals surface area contributed by atoms with Crippen molar-refractivity contribution in [2.24, 2.45) is 0 Å². The number of hydrogen-bond donors (Lipinski definition) is 1. The van der Waals surface area contributed by atoms with Gasteiger partial charge in [0.15, 0.2) is 0 Å². The first kappa shape index (κ1) is 18.0. The molecule has 0 amide bonds. The summed E-state index contributed by atoms with van der Waals surface area (Å²) >= 11 is 0. The maximum Gasteiger partial charge on any atom is 0.119 e. The highest BCUT2D eigenvalue weighted by Gasteiger charge is 2.08. The van der Waals surface area contributed by atoms with Crippen LogP contribution in [0.3, 0.4) is 0 Å². The number of hydrogen-bond acceptors (Lipinski definition) is 4. The molecule has 1 rings (SSSR count). The third-order valence-electron chi connectivity index (χ3n) is 2.90. The predicted molar refractivity (Wildman–Crippen MR) is 87.9 cm³/mol. The fourth-order valence-electron chi connectivity index (χ4n) is 1.68. The van der Waals surface area contributed by atoms with Crippen LogP contribution in [-0.4, -0.2) is 50.9 Å². The molecule has 0 aliphatic heterocycles. The van der Waals surface area contributed by atoms with Crippen LogP contribution in [0.2, 0.25) is 0 Å². The van der Waals surface area contributed by atoms with Gasteiger partial charge in [0.1, 0.15) is 12.4 Å². The molecule has 0 aliphatic carbocycles. The normalized spacial score (nSPS) is 11.9. The Balaban J connectivity index is 2.26. The summed E-state index contributed by atoms with van der Waals surface area (Å²) in [7, 11) is 4.08. The molecule has 0 saturated heterocycles. The van der Waals surface area contributed by atoms with E-state index in [1.165, 1.54) is 5.56 Å². The molecule has 0 atom stereocenters. The molecule has 4 nitrogen and oxygen atoms in total. The highest BCUT2D eigenvalue weighted by Crippen LogP contribution is 2.14. The zero-order valence-corrected chi connectivity index (χ0v) is 14.1. The van der Waals surface area contributed by atoms with Gasteiger partial charge in [-0.3, -0.25) is 0 Å². The van der Waals surface area contributed by atoms with E-state index in [2.05, 4.69) is 43.1 Å². The lowest BCUT2D eigenvalue weighted by Crippen LogP contribution is -2.35. The Kier molecular flexibility index (Phi) is 7.72. The van der Waals surface area contributed by atoms with E-state index in [1.807, 2.05) is 26.2 Å². The van der Waals surface area contributed by atoms with E-state index in [9.17, 15) is 0 Å². The second kappa shape index (κ2) is 9.03. The van der Waals surface area contributed by atoms with Crippen molar-refractivity contribution in [1.82, 2.24) is 10.2 Å². The van der Waals surface area contributed by atoms with Gasteiger partial charge in [0.05, 0.1) is 13.2 Å². The van der Waals surface area contributed by atoms with Crippen LogP contribution in [0.4, 0.5) is 0 Å². The molecule has 0 heterocycles. The third kappa shape index (κ3) is 9.45. The topological polar surface area (TPSA) is 33.7 Å². The average Bonchev–Trinajstić information content (AvgIpc) is 2.40. The Labute approximate surface area is 129 Å². The zero-order valence-electron chi connectivity index (χ0n) is 14.1. The largest absolute Gasteiger partial charge is 0.491 e. The molecular weight excluding hydrogens is 264 g/mol. The Bertz CT molecular complexity index is 400. The van der Waals surface area contributed by atoms with Gasteiger partial charge in [0.2, 0.25) is 0 Å². The van der Waals surface area contributed by atoms with Gasteiger partial charge >= 0.3 is 0 Å². The Morgan fingerprint density at radius 2 is 1.86 bits per heavy atom. The van der Waals surface area contributed by atoms with Gasteiger partial charge in [0.25, 0.3) is 0 Å². The van der Waals surface area contributed by atoms with E-state index in [-0.39, 0.29) is 5.54 Å². The van der Waals surface area contributed by atoms with Crippen LogP contribution in [0, 0.1) is 0 Å². The smallest absolute Gasteiger partial charge is 0.119 e. The first-order valence-electron chi connectivity index (χ1n) is 7.56. The monoisotopic (exact) mass is 294 g/mol. The SMILES string of the molecule is CN(C)CCOCCOc1cccc(CNC(C)(C)C)c1. The minimum atomic E-state index is 0.122. The van der Waals surface area contributed by atoms with Crippen molar-refractivity contribution in [3.63, 3.8) is 0 Å². The molecule has 0 spiro atoms. The summed E-state index contributed by atoms with van der Waals surface area (Å²) in [5.74, 6) is 0.902. The maximum atomic E-state index is 5.72. The van der Waals surface area contributed by atoms with Gasteiger partial charge in [0, 0.05) is 18.6 Å². The molecule has 0 saturated carbocycles.